The topological polar surface area (TPSA) is 93.7 Å². The van der Waals surface area contributed by atoms with Gasteiger partial charge in [-0.15, -0.1) is 0 Å². The molecule has 0 aliphatic carbocycles. The van der Waals surface area contributed by atoms with Crippen LogP contribution in [0.15, 0.2) is 23.1 Å². The minimum Gasteiger partial charge on any atom is -0.744 e. The van der Waals surface area contributed by atoms with E-state index in [1.54, 1.807) is 6.07 Å². The summed E-state index contributed by atoms with van der Waals surface area (Å²) in [6, 6.07) is 5.17. The van der Waals surface area contributed by atoms with Crippen LogP contribution in [0.3, 0.4) is 0 Å². The van der Waals surface area contributed by atoms with Crippen molar-refractivity contribution in [2.75, 3.05) is 0 Å². The Morgan fingerprint density at radius 2 is 1.40 bits per heavy atom. The Hall–Kier alpha value is -0.910. The Morgan fingerprint density at radius 1 is 0.880 bits per heavy atom. The molecule has 0 spiro atoms. The Bertz CT molecular complexity index is 595. The maximum Gasteiger partial charge on any atom is 0.124 e. The van der Waals surface area contributed by atoms with Gasteiger partial charge in [-0.05, 0) is 54.7 Å². The first kappa shape index (κ1) is 24.1. The number of hydrogen-bond donors (Lipinski definition) is 1. The number of quaternary nitrogens is 1. The Balaban J connectivity index is 0.00000576. The first-order valence-corrected chi connectivity index (χ1v) is 10.7. The fourth-order valence-corrected chi connectivity index (χ4v) is 3.87. The highest BCUT2D eigenvalue weighted by molar-refractivity contribution is 7.85. The molecule has 0 bridgehead atoms. The zero-order chi connectivity index (χ0) is 18.2. The van der Waals surface area contributed by atoms with E-state index in [2.05, 4.69) is 27.7 Å². The van der Waals surface area contributed by atoms with Crippen molar-refractivity contribution in [1.29, 1.82) is 0 Å². The van der Waals surface area contributed by atoms with E-state index in [1.165, 1.54) is 12.5 Å². The van der Waals surface area contributed by atoms with E-state index in [0.29, 0.717) is 18.3 Å². The smallest absolute Gasteiger partial charge is 0.124 e. The van der Waals surface area contributed by atoms with Gasteiger partial charge in [0, 0.05) is 0 Å². The highest BCUT2D eigenvalue weighted by Gasteiger charge is 2.13. The fraction of sp³-hybridized carbons (Fsp3) is 0.700. The second-order valence-electron chi connectivity index (χ2n) is 7.63. The van der Waals surface area contributed by atoms with Crippen LogP contribution < -0.4 is 6.15 Å². The summed E-state index contributed by atoms with van der Waals surface area (Å²) in [4.78, 5) is -0.00611. The average Bonchev–Trinajstić information content (AvgIpc) is 2.47. The molecule has 0 atom stereocenters. The number of rotatable bonds is 11. The van der Waals surface area contributed by atoms with E-state index in [9.17, 15) is 13.0 Å². The van der Waals surface area contributed by atoms with Gasteiger partial charge in [-0.3, -0.25) is 0 Å². The summed E-state index contributed by atoms with van der Waals surface area (Å²) in [5, 5.41) is 0. The maximum absolute atomic E-state index is 11.6. The largest absolute Gasteiger partial charge is 0.744 e. The maximum atomic E-state index is 11.6. The highest BCUT2D eigenvalue weighted by atomic mass is 32.2. The van der Waals surface area contributed by atoms with Crippen molar-refractivity contribution < 1.29 is 13.0 Å². The van der Waals surface area contributed by atoms with Gasteiger partial charge in [0.1, 0.15) is 10.1 Å². The lowest BCUT2D eigenvalue weighted by atomic mass is 9.95. The van der Waals surface area contributed by atoms with Crippen molar-refractivity contribution in [2.45, 2.75) is 84.0 Å². The van der Waals surface area contributed by atoms with E-state index < -0.39 is 10.1 Å². The SMILES string of the molecule is CC(C)CCCCc1cccc(S(=O)(=O)[O-])c1CCCCC(C)C.[NH4+]. The molecule has 5 heteroatoms. The van der Waals surface area contributed by atoms with E-state index in [-0.39, 0.29) is 11.0 Å². The molecule has 0 unspecified atom stereocenters. The quantitative estimate of drug-likeness (QED) is 0.399. The second kappa shape index (κ2) is 11.7. The minimum absolute atomic E-state index is 0. The summed E-state index contributed by atoms with van der Waals surface area (Å²) < 4.78 is 34.8. The number of unbranched alkanes of at least 4 members (excludes halogenated alkanes) is 2. The van der Waals surface area contributed by atoms with E-state index in [0.717, 1.165) is 49.7 Å². The highest BCUT2D eigenvalue weighted by Crippen LogP contribution is 2.24. The predicted molar refractivity (Wildman–Crippen MR) is 105 cm³/mol. The average molecular weight is 372 g/mol. The van der Waals surface area contributed by atoms with Gasteiger partial charge in [0.05, 0.1) is 4.90 Å². The number of hydrogen-bond acceptors (Lipinski definition) is 3. The number of benzene rings is 1. The molecule has 1 aromatic carbocycles. The van der Waals surface area contributed by atoms with E-state index in [1.807, 2.05) is 6.07 Å². The Labute approximate surface area is 154 Å². The van der Waals surface area contributed by atoms with Crippen molar-refractivity contribution >= 4 is 10.1 Å². The normalized spacial score (nSPS) is 11.8. The van der Waals surface area contributed by atoms with Crippen LogP contribution >= 0.6 is 0 Å². The summed E-state index contributed by atoms with van der Waals surface area (Å²) in [7, 11) is -4.40. The number of aryl methyl sites for hydroxylation is 1. The van der Waals surface area contributed by atoms with Gasteiger partial charge in [0.2, 0.25) is 0 Å². The molecule has 0 saturated heterocycles. The predicted octanol–water partition coefficient (Wildman–Crippen LogP) is 5.70. The first-order valence-electron chi connectivity index (χ1n) is 9.28. The standard InChI is InChI=1S/C20H34O3S.H3N/c1-16(2)10-5-7-12-18-13-9-15-20(24(21,22)23)19(18)14-8-6-11-17(3)4;/h9,13,15-17H,5-8,10-12,14H2,1-4H3,(H,21,22,23);1H3. The van der Waals surface area contributed by atoms with Crippen molar-refractivity contribution in [3.05, 3.63) is 29.3 Å². The van der Waals surface area contributed by atoms with Gasteiger partial charge in [0.15, 0.2) is 0 Å². The van der Waals surface area contributed by atoms with Gasteiger partial charge in [-0.2, -0.15) is 0 Å². The third kappa shape index (κ3) is 9.38. The summed E-state index contributed by atoms with van der Waals surface area (Å²) in [6.45, 7) is 8.81. The third-order valence-corrected chi connectivity index (χ3v) is 5.36. The van der Waals surface area contributed by atoms with Crippen LogP contribution in [0.4, 0.5) is 0 Å². The van der Waals surface area contributed by atoms with Crippen LogP contribution in [0.2, 0.25) is 0 Å². The lowest BCUT2D eigenvalue weighted by Gasteiger charge is -2.17. The molecule has 0 heterocycles. The van der Waals surface area contributed by atoms with Gasteiger partial charge >= 0.3 is 0 Å². The van der Waals surface area contributed by atoms with Gasteiger partial charge in [0.25, 0.3) is 0 Å². The Morgan fingerprint density at radius 3 is 1.88 bits per heavy atom. The molecule has 0 aromatic heterocycles. The molecule has 0 saturated carbocycles. The van der Waals surface area contributed by atoms with Crippen LogP contribution in [0.25, 0.3) is 0 Å². The molecule has 4 nitrogen and oxygen atoms in total. The van der Waals surface area contributed by atoms with Gasteiger partial charge < -0.3 is 10.7 Å². The summed E-state index contributed by atoms with van der Waals surface area (Å²) >= 11 is 0. The zero-order valence-corrected chi connectivity index (χ0v) is 17.5. The third-order valence-electron chi connectivity index (χ3n) is 4.44. The monoisotopic (exact) mass is 371 g/mol. The van der Waals surface area contributed by atoms with Gasteiger partial charge in [-0.1, -0.05) is 65.5 Å². The lowest BCUT2D eigenvalue weighted by Crippen LogP contribution is -2.07. The van der Waals surface area contributed by atoms with E-state index >= 15 is 0 Å². The van der Waals surface area contributed by atoms with Crippen LogP contribution in [-0.2, 0) is 23.0 Å². The molecule has 0 radical (unpaired) electrons. The molecule has 1 rings (SSSR count). The molecule has 146 valence electrons. The molecule has 4 N–H and O–H groups in total. The molecule has 0 aliphatic heterocycles. The van der Waals surface area contributed by atoms with Crippen molar-refractivity contribution in [1.82, 2.24) is 6.15 Å². The van der Waals surface area contributed by atoms with Crippen LogP contribution in [-0.4, -0.2) is 13.0 Å². The van der Waals surface area contributed by atoms with Crippen LogP contribution in [0, 0.1) is 11.8 Å². The second-order valence-corrected chi connectivity index (χ2v) is 8.98. The van der Waals surface area contributed by atoms with Crippen molar-refractivity contribution in [3.63, 3.8) is 0 Å². The van der Waals surface area contributed by atoms with Gasteiger partial charge in [-0.25, -0.2) is 8.42 Å². The molecule has 0 aliphatic rings. The molecular weight excluding hydrogens is 334 g/mol. The van der Waals surface area contributed by atoms with E-state index in [4.69, 9.17) is 0 Å². The zero-order valence-electron chi connectivity index (χ0n) is 16.7. The first-order chi connectivity index (χ1) is 11.2. The lowest BCUT2D eigenvalue weighted by molar-refractivity contribution is 0.461. The molecule has 1 aromatic rings. The molecule has 0 amide bonds. The Kier molecular flexibility index (Phi) is 11.2. The summed E-state index contributed by atoms with van der Waals surface area (Å²) in [6.07, 6.45) is 8.04. The molecule has 25 heavy (non-hydrogen) atoms. The van der Waals surface area contributed by atoms with Crippen LogP contribution in [0.1, 0.15) is 77.3 Å². The molecular formula is C20H37NO3S. The summed E-state index contributed by atoms with van der Waals surface area (Å²) in [5.41, 5.74) is 1.81. The molecule has 0 fully saturated rings. The van der Waals surface area contributed by atoms with Crippen LogP contribution in [0.5, 0.6) is 0 Å². The van der Waals surface area contributed by atoms with Crippen molar-refractivity contribution in [3.8, 4) is 0 Å². The minimum atomic E-state index is -4.40. The fourth-order valence-electron chi connectivity index (χ4n) is 3.09. The van der Waals surface area contributed by atoms with Crippen molar-refractivity contribution in [2.24, 2.45) is 11.8 Å². The summed E-state index contributed by atoms with van der Waals surface area (Å²) in [5.74, 6) is 1.34.